The highest BCUT2D eigenvalue weighted by Gasteiger charge is 2.35. The van der Waals surface area contributed by atoms with Gasteiger partial charge in [0.15, 0.2) is 0 Å². The lowest BCUT2D eigenvalue weighted by Crippen LogP contribution is -2.33. The van der Waals surface area contributed by atoms with Crippen LogP contribution in [0.2, 0.25) is 0 Å². The molecule has 0 bridgehead atoms. The molecule has 0 amide bonds. The van der Waals surface area contributed by atoms with E-state index < -0.39 is 0 Å². The van der Waals surface area contributed by atoms with Crippen molar-refractivity contribution >= 4 is 15.9 Å². The zero-order chi connectivity index (χ0) is 10.7. The lowest BCUT2D eigenvalue weighted by Gasteiger charge is -2.40. The molecule has 2 rings (SSSR count). The van der Waals surface area contributed by atoms with Crippen LogP contribution in [0.3, 0.4) is 0 Å². The van der Waals surface area contributed by atoms with Crippen LogP contribution < -0.4 is 0 Å². The number of aryl methyl sites for hydroxylation is 1. The van der Waals surface area contributed by atoms with E-state index in [4.69, 9.17) is 0 Å². The summed E-state index contributed by atoms with van der Waals surface area (Å²) in [6.07, 6.45) is 5.93. The SMILES string of the molecule is OCC1(CCc2ccc(Br)cc2)CCC1. The Labute approximate surface area is 99.6 Å². The maximum absolute atomic E-state index is 9.35. The molecule has 0 radical (unpaired) electrons. The molecule has 0 heterocycles. The van der Waals surface area contributed by atoms with Crippen molar-refractivity contribution in [3.05, 3.63) is 34.3 Å². The van der Waals surface area contributed by atoms with Gasteiger partial charge in [-0.3, -0.25) is 0 Å². The van der Waals surface area contributed by atoms with Gasteiger partial charge in [-0.15, -0.1) is 0 Å². The van der Waals surface area contributed by atoms with Gasteiger partial charge in [0.05, 0.1) is 0 Å². The van der Waals surface area contributed by atoms with Gasteiger partial charge in [0, 0.05) is 11.1 Å². The van der Waals surface area contributed by atoms with Crippen LogP contribution in [0.1, 0.15) is 31.2 Å². The predicted octanol–water partition coefficient (Wildman–Crippen LogP) is 3.54. The first-order valence-corrected chi connectivity index (χ1v) is 6.39. The van der Waals surface area contributed by atoms with Crippen molar-refractivity contribution in [3.63, 3.8) is 0 Å². The Bertz CT molecular complexity index is 308. The highest BCUT2D eigenvalue weighted by molar-refractivity contribution is 9.10. The Morgan fingerprint density at radius 3 is 2.33 bits per heavy atom. The molecule has 0 spiro atoms. The summed E-state index contributed by atoms with van der Waals surface area (Å²) in [5.74, 6) is 0. The van der Waals surface area contributed by atoms with E-state index in [0.29, 0.717) is 6.61 Å². The third-order valence-electron chi connectivity index (χ3n) is 3.61. The van der Waals surface area contributed by atoms with Gasteiger partial charge in [-0.05, 0) is 48.8 Å². The molecule has 1 nitrogen and oxygen atoms in total. The molecule has 0 saturated heterocycles. The van der Waals surface area contributed by atoms with Crippen molar-refractivity contribution in [1.29, 1.82) is 0 Å². The van der Waals surface area contributed by atoms with E-state index in [1.54, 1.807) is 0 Å². The lowest BCUT2D eigenvalue weighted by atomic mass is 9.66. The molecule has 1 saturated carbocycles. The van der Waals surface area contributed by atoms with Crippen LogP contribution >= 0.6 is 15.9 Å². The van der Waals surface area contributed by atoms with Crippen LogP contribution in [0.15, 0.2) is 28.7 Å². The molecule has 0 atom stereocenters. The van der Waals surface area contributed by atoms with Crippen LogP contribution in [-0.4, -0.2) is 11.7 Å². The van der Waals surface area contributed by atoms with Crippen molar-refractivity contribution in [2.24, 2.45) is 5.41 Å². The van der Waals surface area contributed by atoms with Gasteiger partial charge >= 0.3 is 0 Å². The smallest absolute Gasteiger partial charge is 0.0487 e. The van der Waals surface area contributed by atoms with E-state index in [1.807, 2.05) is 0 Å². The molecule has 2 heteroatoms. The van der Waals surface area contributed by atoms with Gasteiger partial charge < -0.3 is 5.11 Å². The Morgan fingerprint density at radius 2 is 1.87 bits per heavy atom. The van der Waals surface area contributed by atoms with Gasteiger partial charge in [-0.1, -0.05) is 34.5 Å². The summed E-state index contributed by atoms with van der Waals surface area (Å²) in [5, 5.41) is 9.35. The summed E-state index contributed by atoms with van der Waals surface area (Å²) in [7, 11) is 0. The number of hydrogen-bond donors (Lipinski definition) is 1. The van der Waals surface area contributed by atoms with Crippen LogP contribution in [-0.2, 0) is 6.42 Å². The molecule has 0 aromatic heterocycles. The second-order valence-corrected chi connectivity index (χ2v) is 5.55. The first-order chi connectivity index (χ1) is 7.24. The summed E-state index contributed by atoms with van der Waals surface area (Å²) in [6.45, 7) is 0.365. The number of hydrogen-bond acceptors (Lipinski definition) is 1. The molecule has 1 aliphatic rings. The van der Waals surface area contributed by atoms with Gasteiger partial charge in [-0.25, -0.2) is 0 Å². The lowest BCUT2D eigenvalue weighted by molar-refractivity contribution is 0.0365. The number of halogens is 1. The third kappa shape index (κ3) is 2.61. The molecule has 0 aliphatic heterocycles. The second kappa shape index (κ2) is 4.67. The summed E-state index contributed by atoms with van der Waals surface area (Å²) in [4.78, 5) is 0. The third-order valence-corrected chi connectivity index (χ3v) is 4.14. The zero-order valence-corrected chi connectivity index (χ0v) is 10.5. The molecule has 1 N–H and O–H groups in total. The quantitative estimate of drug-likeness (QED) is 0.886. The fourth-order valence-electron chi connectivity index (χ4n) is 2.22. The number of rotatable bonds is 4. The maximum Gasteiger partial charge on any atom is 0.0487 e. The maximum atomic E-state index is 9.35. The topological polar surface area (TPSA) is 20.2 Å². The van der Waals surface area contributed by atoms with Gasteiger partial charge in [0.1, 0.15) is 0 Å². The Kier molecular flexibility index (Phi) is 3.47. The molecule has 1 aliphatic carbocycles. The molecule has 1 fully saturated rings. The zero-order valence-electron chi connectivity index (χ0n) is 8.88. The normalized spacial score (nSPS) is 18.5. The minimum absolute atomic E-state index is 0.257. The molecule has 0 unspecified atom stereocenters. The van der Waals surface area contributed by atoms with Crippen molar-refractivity contribution in [3.8, 4) is 0 Å². The standard InChI is InChI=1S/C13H17BrO/c14-12-4-2-11(3-5-12)6-9-13(10-15)7-1-8-13/h2-5,15H,1,6-10H2. The Balaban J connectivity index is 1.90. The van der Waals surface area contributed by atoms with Crippen molar-refractivity contribution < 1.29 is 5.11 Å². The first-order valence-electron chi connectivity index (χ1n) is 5.59. The first kappa shape index (κ1) is 11.2. The van der Waals surface area contributed by atoms with E-state index >= 15 is 0 Å². The highest BCUT2D eigenvalue weighted by atomic mass is 79.9. The van der Waals surface area contributed by atoms with Crippen molar-refractivity contribution in [2.45, 2.75) is 32.1 Å². The molecule has 82 valence electrons. The molecular weight excluding hydrogens is 252 g/mol. The van der Waals surface area contributed by atoms with Crippen LogP contribution in [0, 0.1) is 5.41 Å². The Morgan fingerprint density at radius 1 is 1.20 bits per heavy atom. The highest BCUT2D eigenvalue weighted by Crippen LogP contribution is 2.44. The van der Waals surface area contributed by atoms with Gasteiger partial charge in [0.2, 0.25) is 0 Å². The summed E-state index contributed by atoms with van der Waals surface area (Å²) < 4.78 is 1.13. The van der Waals surface area contributed by atoms with Crippen LogP contribution in [0.5, 0.6) is 0 Å². The van der Waals surface area contributed by atoms with E-state index in [9.17, 15) is 5.11 Å². The van der Waals surface area contributed by atoms with Crippen molar-refractivity contribution in [2.75, 3.05) is 6.61 Å². The fraction of sp³-hybridized carbons (Fsp3) is 0.538. The molecule has 1 aromatic carbocycles. The second-order valence-electron chi connectivity index (χ2n) is 4.64. The molecular formula is C13H17BrO. The summed E-state index contributed by atoms with van der Waals surface area (Å²) in [5.41, 5.74) is 1.63. The number of benzene rings is 1. The van der Waals surface area contributed by atoms with E-state index in [1.165, 1.54) is 24.8 Å². The summed E-state index contributed by atoms with van der Waals surface area (Å²) >= 11 is 3.43. The summed E-state index contributed by atoms with van der Waals surface area (Å²) in [6, 6.07) is 8.49. The minimum Gasteiger partial charge on any atom is -0.396 e. The van der Waals surface area contributed by atoms with E-state index in [-0.39, 0.29) is 5.41 Å². The van der Waals surface area contributed by atoms with Gasteiger partial charge in [-0.2, -0.15) is 0 Å². The van der Waals surface area contributed by atoms with Crippen LogP contribution in [0.25, 0.3) is 0 Å². The number of aliphatic hydroxyl groups excluding tert-OH is 1. The predicted molar refractivity (Wildman–Crippen MR) is 65.8 cm³/mol. The molecule has 1 aromatic rings. The largest absolute Gasteiger partial charge is 0.396 e. The monoisotopic (exact) mass is 268 g/mol. The van der Waals surface area contributed by atoms with E-state index in [2.05, 4.69) is 40.2 Å². The molecule has 15 heavy (non-hydrogen) atoms. The van der Waals surface area contributed by atoms with E-state index in [0.717, 1.165) is 17.3 Å². The van der Waals surface area contributed by atoms with Gasteiger partial charge in [0.25, 0.3) is 0 Å². The van der Waals surface area contributed by atoms with Crippen molar-refractivity contribution in [1.82, 2.24) is 0 Å². The van der Waals surface area contributed by atoms with Crippen LogP contribution in [0.4, 0.5) is 0 Å². The minimum atomic E-state index is 0.257. The average Bonchev–Trinajstić information content (AvgIpc) is 2.20. The Hall–Kier alpha value is -0.340. The fourth-order valence-corrected chi connectivity index (χ4v) is 2.49. The average molecular weight is 269 g/mol. The number of aliphatic hydroxyl groups is 1.